The SMILES string of the molecule is C=C(c1ccc(C)c(C)c1)[C@H]1CN(C(=O)OCc2ccccc2)[C@H](C(=O)OCC)[C@H]1CC(=O)OC. The number of amides is 1. The van der Waals surface area contributed by atoms with Gasteiger partial charge in [-0.05, 0) is 48.6 Å². The molecule has 1 heterocycles. The Balaban J connectivity index is 1.93. The summed E-state index contributed by atoms with van der Waals surface area (Å²) in [6.07, 6.45) is -0.700. The smallest absolute Gasteiger partial charge is 0.410 e. The van der Waals surface area contributed by atoms with Crippen molar-refractivity contribution >= 4 is 23.6 Å². The number of benzene rings is 2. The third-order valence-electron chi connectivity index (χ3n) is 6.57. The molecule has 0 bridgehead atoms. The molecule has 1 amide bonds. The van der Waals surface area contributed by atoms with Gasteiger partial charge in [-0.1, -0.05) is 55.1 Å². The van der Waals surface area contributed by atoms with Crippen LogP contribution in [0.3, 0.4) is 0 Å². The molecule has 7 nitrogen and oxygen atoms in total. The zero-order chi connectivity index (χ0) is 25.5. The number of hydrogen-bond acceptors (Lipinski definition) is 6. The fourth-order valence-electron chi connectivity index (χ4n) is 4.49. The molecule has 0 radical (unpaired) electrons. The first-order valence-electron chi connectivity index (χ1n) is 11.7. The largest absolute Gasteiger partial charge is 0.469 e. The standard InChI is InChI=1S/C28H33NO6/c1-6-34-27(31)26-23(15-25(30)33-5)24(20(4)22-13-12-18(2)19(3)14-22)16-29(26)28(32)35-17-21-10-8-7-9-11-21/h7-14,23-24,26H,4,6,15-17H2,1-3,5H3/t23-,24+,26-/m0/s1. The van der Waals surface area contributed by atoms with Crippen LogP contribution in [0.15, 0.2) is 55.1 Å². The van der Waals surface area contributed by atoms with Gasteiger partial charge < -0.3 is 14.2 Å². The predicted molar refractivity (Wildman–Crippen MR) is 132 cm³/mol. The van der Waals surface area contributed by atoms with Gasteiger partial charge in [0.15, 0.2) is 0 Å². The lowest BCUT2D eigenvalue weighted by molar-refractivity contribution is -0.150. The number of ether oxygens (including phenoxy) is 3. The lowest BCUT2D eigenvalue weighted by Gasteiger charge is -2.26. The highest BCUT2D eigenvalue weighted by Gasteiger charge is 2.51. The van der Waals surface area contributed by atoms with Gasteiger partial charge in [0, 0.05) is 18.4 Å². The van der Waals surface area contributed by atoms with E-state index < -0.39 is 30.0 Å². The summed E-state index contributed by atoms with van der Waals surface area (Å²) >= 11 is 0. The average Bonchev–Trinajstić information content (AvgIpc) is 3.23. The molecule has 1 fully saturated rings. The summed E-state index contributed by atoms with van der Waals surface area (Å²) in [6, 6.07) is 14.3. The average molecular weight is 480 g/mol. The number of rotatable bonds is 8. The number of likely N-dealkylation sites (tertiary alicyclic amines) is 1. The molecule has 2 aromatic carbocycles. The number of nitrogens with zero attached hydrogens (tertiary/aromatic N) is 1. The third kappa shape index (κ3) is 6.10. The van der Waals surface area contributed by atoms with Crippen LogP contribution in [-0.4, -0.2) is 49.2 Å². The second-order valence-electron chi connectivity index (χ2n) is 8.76. The number of carbonyl (C=O) groups is 3. The van der Waals surface area contributed by atoms with Crippen LogP contribution < -0.4 is 0 Å². The Morgan fingerprint density at radius 1 is 1.03 bits per heavy atom. The number of aryl methyl sites for hydroxylation is 2. The number of esters is 2. The van der Waals surface area contributed by atoms with E-state index in [1.165, 1.54) is 12.0 Å². The first-order valence-corrected chi connectivity index (χ1v) is 11.7. The summed E-state index contributed by atoms with van der Waals surface area (Å²) < 4.78 is 15.8. The van der Waals surface area contributed by atoms with Crippen molar-refractivity contribution in [3.05, 3.63) is 77.4 Å². The molecule has 0 unspecified atom stereocenters. The molecule has 0 saturated carbocycles. The van der Waals surface area contributed by atoms with Crippen LogP contribution in [0.1, 0.15) is 35.6 Å². The summed E-state index contributed by atoms with van der Waals surface area (Å²) in [5, 5.41) is 0. The molecule has 1 saturated heterocycles. The van der Waals surface area contributed by atoms with Gasteiger partial charge in [-0.2, -0.15) is 0 Å². The molecule has 2 aromatic rings. The monoisotopic (exact) mass is 479 g/mol. The highest BCUT2D eigenvalue weighted by molar-refractivity contribution is 5.85. The molecule has 0 aliphatic carbocycles. The van der Waals surface area contributed by atoms with E-state index in [0.29, 0.717) is 0 Å². The van der Waals surface area contributed by atoms with Crippen LogP contribution in [-0.2, 0) is 30.4 Å². The van der Waals surface area contributed by atoms with E-state index in [1.54, 1.807) is 6.92 Å². The van der Waals surface area contributed by atoms with Crippen LogP contribution in [0.2, 0.25) is 0 Å². The molecule has 3 atom stereocenters. The summed E-state index contributed by atoms with van der Waals surface area (Å²) in [5.41, 5.74) is 4.72. The molecule has 1 aliphatic heterocycles. The van der Waals surface area contributed by atoms with Gasteiger partial charge in [-0.3, -0.25) is 9.69 Å². The Morgan fingerprint density at radius 2 is 1.74 bits per heavy atom. The molecule has 186 valence electrons. The third-order valence-corrected chi connectivity index (χ3v) is 6.57. The highest BCUT2D eigenvalue weighted by atomic mass is 16.6. The van der Waals surface area contributed by atoms with Crippen LogP contribution in [0.25, 0.3) is 5.57 Å². The zero-order valence-corrected chi connectivity index (χ0v) is 20.8. The minimum absolute atomic E-state index is 0.0586. The van der Waals surface area contributed by atoms with Crippen LogP contribution >= 0.6 is 0 Å². The van der Waals surface area contributed by atoms with E-state index >= 15 is 0 Å². The summed E-state index contributed by atoms with van der Waals surface area (Å²) in [4.78, 5) is 40.0. The topological polar surface area (TPSA) is 82.1 Å². The van der Waals surface area contributed by atoms with Gasteiger partial charge >= 0.3 is 18.0 Å². The Kier molecular flexibility index (Phi) is 8.68. The Labute approximate surface area is 206 Å². The second-order valence-corrected chi connectivity index (χ2v) is 8.76. The van der Waals surface area contributed by atoms with Gasteiger partial charge in [-0.15, -0.1) is 0 Å². The van der Waals surface area contributed by atoms with Crippen molar-refractivity contribution in [1.29, 1.82) is 0 Å². The van der Waals surface area contributed by atoms with E-state index in [0.717, 1.165) is 27.8 Å². The van der Waals surface area contributed by atoms with Crippen molar-refractivity contribution < 1.29 is 28.6 Å². The quantitative estimate of drug-likeness (QED) is 0.403. The summed E-state index contributed by atoms with van der Waals surface area (Å²) in [7, 11) is 1.30. The first-order chi connectivity index (χ1) is 16.8. The van der Waals surface area contributed by atoms with E-state index in [1.807, 2.05) is 62.4 Å². The zero-order valence-electron chi connectivity index (χ0n) is 20.8. The first kappa shape index (κ1) is 26.0. The maximum absolute atomic E-state index is 13.2. The lowest BCUT2D eigenvalue weighted by atomic mass is 9.80. The van der Waals surface area contributed by atoms with E-state index in [9.17, 15) is 14.4 Å². The van der Waals surface area contributed by atoms with Crippen LogP contribution in [0.4, 0.5) is 4.79 Å². The van der Waals surface area contributed by atoms with Crippen molar-refractivity contribution in [1.82, 2.24) is 4.90 Å². The molecular weight excluding hydrogens is 446 g/mol. The van der Waals surface area contributed by atoms with Gasteiger partial charge in [-0.25, -0.2) is 9.59 Å². The molecule has 1 aliphatic rings. The normalized spacial score (nSPS) is 19.2. The Morgan fingerprint density at radius 3 is 2.37 bits per heavy atom. The lowest BCUT2D eigenvalue weighted by Crippen LogP contribution is -2.45. The van der Waals surface area contributed by atoms with Crippen molar-refractivity contribution in [3.8, 4) is 0 Å². The van der Waals surface area contributed by atoms with Gasteiger partial charge in [0.05, 0.1) is 20.1 Å². The summed E-state index contributed by atoms with van der Waals surface area (Å²) in [5.74, 6) is -1.98. The summed E-state index contributed by atoms with van der Waals surface area (Å²) in [6.45, 7) is 10.4. The predicted octanol–water partition coefficient (Wildman–Crippen LogP) is 4.70. The molecular formula is C28H33NO6. The maximum atomic E-state index is 13.2. The van der Waals surface area contributed by atoms with Crippen LogP contribution in [0.5, 0.6) is 0 Å². The number of methoxy groups -OCH3 is 1. The Hall–Kier alpha value is -3.61. The van der Waals surface area contributed by atoms with Crippen molar-refractivity contribution in [2.24, 2.45) is 11.8 Å². The van der Waals surface area contributed by atoms with Crippen molar-refractivity contribution in [2.75, 3.05) is 20.3 Å². The fourth-order valence-corrected chi connectivity index (χ4v) is 4.49. The number of hydrogen-bond donors (Lipinski definition) is 0. The van der Waals surface area contributed by atoms with Gasteiger partial charge in [0.1, 0.15) is 12.6 Å². The van der Waals surface area contributed by atoms with Crippen LogP contribution in [0, 0.1) is 25.7 Å². The highest BCUT2D eigenvalue weighted by Crippen LogP contribution is 2.41. The van der Waals surface area contributed by atoms with Gasteiger partial charge in [0.25, 0.3) is 0 Å². The molecule has 0 aromatic heterocycles. The molecule has 35 heavy (non-hydrogen) atoms. The molecule has 0 spiro atoms. The molecule has 7 heteroatoms. The fraction of sp³-hybridized carbons (Fsp3) is 0.393. The van der Waals surface area contributed by atoms with E-state index in [4.69, 9.17) is 14.2 Å². The minimum Gasteiger partial charge on any atom is -0.469 e. The maximum Gasteiger partial charge on any atom is 0.410 e. The van der Waals surface area contributed by atoms with Gasteiger partial charge in [0.2, 0.25) is 0 Å². The Bertz CT molecular complexity index is 1080. The van der Waals surface area contributed by atoms with E-state index in [2.05, 4.69) is 6.58 Å². The minimum atomic E-state index is -0.995. The molecule has 0 N–H and O–H groups in total. The van der Waals surface area contributed by atoms with Crippen molar-refractivity contribution in [2.45, 2.75) is 39.8 Å². The number of carbonyl (C=O) groups excluding carboxylic acids is 3. The second kappa shape index (κ2) is 11.7. The molecule has 3 rings (SSSR count). The van der Waals surface area contributed by atoms with E-state index in [-0.39, 0.29) is 32.1 Å². The van der Waals surface area contributed by atoms with Crippen molar-refractivity contribution in [3.63, 3.8) is 0 Å².